The molecule has 4 fully saturated rings. The van der Waals surface area contributed by atoms with Gasteiger partial charge in [-0.2, -0.15) is 0 Å². The second-order valence-electron chi connectivity index (χ2n) is 22.8. The van der Waals surface area contributed by atoms with Gasteiger partial charge in [0, 0.05) is 79.6 Å². The van der Waals surface area contributed by atoms with Crippen LogP contribution in [0.25, 0.3) is 33.3 Å². The van der Waals surface area contributed by atoms with Gasteiger partial charge in [-0.15, -0.1) is 0 Å². The van der Waals surface area contributed by atoms with E-state index >= 15 is 0 Å². The molecule has 9 rings (SSSR count). The number of hydrogen-bond donors (Lipinski definition) is 2. The second kappa shape index (κ2) is 20.9. The number of hydrazine groups is 1. The van der Waals surface area contributed by atoms with E-state index in [0.29, 0.717) is 51.7 Å². The highest BCUT2D eigenvalue weighted by Gasteiger charge is 2.56. The predicted molar refractivity (Wildman–Crippen MR) is 279 cm³/mol. The summed E-state index contributed by atoms with van der Waals surface area (Å²) in [7, 11) is 1.69. The number of cyclic esters (lactones) is 1. The van der Waals surface area contributed by atoms with E-state index in [0.717, 1.165) is 69.6 Å². The van der Waals surface area contributed by atoms with Gasteiger partial charge in [-0.1, -0.05) is 58.0 Å². The zero-order chi connectivity index (χ0) is 52.0. The summed E-state index contributed by atoms with van der Waals surface area (Å²) >= 11 is 0. The molecule has 16 nitrogen and oxygen atoms in total. The highest BCUT2D eigenvalue weighted by molar-refractivity contribution is 5.97. The quantitative estimate of drug-likeness (QED) is 0.143. The average Bonchev–Trinajstić information content (AvgIpc) is 4.03. The van der Waals surface area contributed by atoms with Crippen LogP contribution in [-0.4, -0.2) is 141 Å². The van der Waals surface area contributed by atoms with Gasteiger partial charge in [-0.25, -0.2) is 5.43 Å². The third kappa shape index (κ3) is 10.4. The predicted octanol–water partition coefficient (Wildman–Crippen LogP) is 6.82. The molecule has 4 saturated heterocycles. The first-order valence-corrected chi connectivity index (χ1v) is 26.6. The van der Waals surface area contributed by atoms with Crippen molar-refractivity contribution in [1.29, 1.82) is 0 Å². The average molecular weight is 1000 g/mol. The maximum atomic E-state index is 14.9. The minimum Gasteiger partial charge on any atom is -0.464 e. The molecule has 2 aromatic heterocycles. The molecular formula is C57H76N8O8. The van der Waals surface area contributed by atoms with E-state index in [1.807, 2.05) is 39.0 Å². The summed E-state index contributed by atoms with van der Waals surface area (Å²) in [5.74, 6) is -2.02. The Balaban J connectivity index is 1.02. The van der Waals surface area contributed by atoms with Crippen LogP contribution in [0.5, 0.6) is 0 Å². The Bertz CT molecular complexity index is 2750. The molecule has 0 unspecified atom stereocenters. The molecule has 4 aromatic rings. The topological polar surface area (TPSA) is 168 Å². The molecule has 4 amide bonds. The standard InChI is InChI=1S/C57H76N8O8/c1-10-63-46-20-19-40-31-42(46)43(50(63)41-17-12-24-58-48(41)37(4)71-9)32-55(5,6)34-72-53(69)44-18-13-27-65(60-44)52(68)45(30-38-15-11-16-39(40)29-38)59-51(67)49(36(2)3)64-35-73-57(54(64)70)23-28-61(33-57)47(66)21-22-56(7,8)62-25-14-26-62/h11-12,15-17,19-20,24,29,31,36-37,44-45,49,60H,10,13-14,18,21-23,25-28,30,32-35H2,1-9H3,(H,59,67)/t37-,44-,45-,49-,57+/m0/s1. The van der Waals surface area contributed by atoms with E-state index < -0.39 is 46.9 Å². The van der Waals surface area contributed by atoms with Crippen LogP contribution in [0.15, 0.2) is 60.8 Å². The second-order valence-corrected chi connectivity index (χ2v) is 22.8. The first-order chi connectivity index (χ1) is 34.8. The van der Waals surface area contributed by atoms with Crippen LogP contribution >= 0.6 is 0 Å². The number of benzene rings is 2. The van der Waals surface area contributed by atoms with Gasteiger partial charge in [0.05, 0.1) is 30.6 Å². The first-order valence-electron chi connectivity index (χ1n) is 26.6. The number of carbonyl (C=O) groups is 5. The van der Waals surface area contributed by atoms with Gasteiger partial charge >= 0.3 is 5.97 Å². The van der Waals surface area contributed by atoms with Gasteiger partial charge in [0.25, 0.3) is 11.8 Å². The van der Waals surface area contributed by atoms with E-state index in [9.17, 15) is 24.0 Å². The number of nitrogens with zero attached hydrogens (tertiary/aromatic N) is 6. The number of carbonyl (C=O) groups excluding carboxylic acids is 5. The SMILES string of the molecule is CCn1c(-c2cccnc2[C@H](C)OC)c2c3cc(ccc31)-c1cccc(c1)C[C@H](NC(=O)[C@H](C(C)C)N1CO[C@@]3(CCN(C(=O)CCC(C)(C)N4CCC4)C3)C1=O)C(=O)N1CCC[C@H](N1)C(=O)OCC(C)(C)C2. The molecule has 2 aromatic carbocycles. The van der Waals surface area contributed by atoms with E-state index in [1.165, 1.54) is 16.3 Å². The van der Waals surface area contributed by atoms with Crippen molar-refractivity contribution in [1.82, 2.24) is 40.0 Å². The van der Waals surface area contributed by atoms with Gasteiger partial charge in [-0.05, 0) is 125 Å². The summed E-state index contributed by atoms with van der Waals surface area (Å²) in [5, 5.41) is 5.63. The molecule has 5 atom stereocenters. The Labute approximate surface area is 430 Å². The molecule has 7 heterocycles. The van der Waals surface area contributed by atoms with Crippen molar-refractivity contribution >= 4 is 40.5 Å². The van der Waals surface area contributed by atoms with Crippen LogP contribution in [-0.2, 0) is 57.6 Å². The maximum absolute atomic E-state index is 14.9. The van der Waals surface area contributed by atoms with Crippen LogP contribution in [0, 0.1) is 11.3 Å². The van der Waals surface area contributed by atoms with Crippen molar-refractivity contribution in [2.45, 2.75) is 149 Å². The van der Waals surface area contributed by atoms with E-state index in [-0.39, 0.29) is 55.7 Å². The number of amides is 4. The van der Waals surface area contributed by atoms with Crippen molar-refractivity contribution in [2.24, 2.45) is 11.3 Å². The van der Waals surface area contributed by atoms with Gasteiger partial charge < -0.3 is 33.9 Å². The Hall–Kier alpha value is -5.68. The zero-order valence-corrected chi connectivity index (χ0v) is 44.4. The maximum Gasteiger partial charge on any atom is 0.324 e. The van der Waals surface area contributed by atoms with Gasteiger partial charge in [0.2, 0.25) is 11.8 Å². The van der Waals surface area contributed by atoms with Crippen LogP contribution in [0.3, 0.4) is 0 Å². The molecule has 1 spiro atoms. The molecule has 16 heteroatoms. The number of pyridine rings is 1. The monoisotopic (exact) mass is 1000 g/mol. The third-order valence-corrected chi connectivity index (χ3v) is 16.2. The molecule has 5 aliphatic heterocycles. The molecular weight excluding hydrogens is 925 g/mol. The van der Waals surface area contributed by atoms with Crippen molar-refractivity contribution in [3.8, 4) is 22.4 Å². The highest BCUT2D eigenvalue weighted by atomic mass is 16.5. The Morgan fingerprint density at radius 1 is 0.986 bits per heavy atom. The molecule has 6 bridgehead atoms. The normalized spacial score (nSPS) is 23.7. The summed E-state index contributed by atoms with van der Waals surface area (Å²) in [6, 6.07) is 15.8. The number of aromatic nitrogens is 2. The zero-order valence-electron chi connectivity index (χ0n) is 44.4. The molecule has 0 radical (unpaired) electrons. The third-order valence-electron chi connectivity index (χ3n) is 16.2. The largest absolute Gasteiger partial charge is 0.464 e. The lowest BCUT2D eigenvalue weighted by atomic mass is 9.84. The highest BCUT2D eigenvalue weighted by Crippen LogP contribution is 2.42. The minimum absolute atomic E-state index is 0.000147. The fraction of sp³-hybridized carbons (Fsp3) is 0.579. The lowest BCUT2D eigenvalue weighted by molar-refractivity contribution is -0.155. The number of ether oxygens (including phenoxy) is 3. The number of methoxy groups -OCH3 is 1. The van der Waals surface area contributed by atoms with Crippen molar-refractivity contribution in [3.05, 3.63) is 77.6 Å². The molecule has 392 valence electrons. The minimum atomic E-state index is -1.24. The van der Waals surface area contributed by atoms with Crippen molar-refractivity contribution in [3.63, 3.8) is 0 Å². The van der Waals surface area contributed by atoms with Crippen LogP contribution in [0.2, 0.25) is 0 Å². The fourth-order valence-corrected chi connectivity index (χ4v) is 11.8. The lowest BCUT2D eigenvalue weighted by Gasteiger charge is -2.44. The summed E-state index contributed by atoms with van der Waals surface area (Å²) in [4.78, 5) is 82.3. The number of fused-ring (bicyclic) bond motifs is 6. The molecule has 73 heavy (non-hydrogen) atoms. The van der Waals surface area contributed by atoms with E-state index in [1.54, 1.807) is 18.2 Å². The first kappa shape index (κ1) is 52.2. The summed E-state index contributed by atoms with van der Waals surface area (Å²) in [6.07, 6.45) is 5.89. The molecule has 5 aliphatic rings. The van der Waals surface area contributed by atoms with Gasteiger partial charge in [-0.3, -0.25) is 38.9 Å². The van der Waals surface area contributed by atoms with Crippen LogP contribution < -0.4 is 10.7 Å². The van der Waals surface area contributed by atoms with Gasteiger partial charge in [0.15, 0.2) is 5.60 Å². The molecule has 0 aliphatic carbocycles. The van der Waals surface area contributed by atoms with E-state index in [2.05, 4.69) is 91.2 Å². The Morgan fingerprint density at radius 3 is 2.49 bits per heavy atom. The van der Waals surface area contributed by atoms with Crippen molar-refractivity contribution < 1.29 is 38.2 Å². The smallest absolute Gasteiger partial charge is 0.324 e. The van der Waals surface area contributed by atoms with Crippen LogP contribution in [0.4, 0.5) is 0 Å². The van der Waals surface area contributed by atoms with Gasteiger partial charge in [0.1, 0.15) is 24.9 Å². The van der Waals surface area contributed by atoms with Crippen molar-refractivity contribution in [2.75, 3.05) is 53.2 Å². The number of esters is 1. The number of aryl methyl sites for hydroxylation is 1. The number of hydrogen-bond acceptors (Lipinski definition) is 11. The lowest BCUT2D eigenvalue weighted by Crippen LogP contribution is -2.62. The Kier molecular flexibility index (Phi) is 15.0. The Morgan fingerprint density at radius 2 is 1.77 bits per heavy atom. The summed E-state index contributed by atoms with van der Waals surface area (Å²) in [6.45, 7) is 20.1. The molecule has 2 N–H and O–H groups in total. The van der Waals surface area contributed by atoms with E-state index in [4.69, 9.17) is 19.2 Å². The molecule has 0 saturated carbocycles. The van der Waals surface area contributed by atoms with Crippen LogP contribution in [0.1, 0.15) is 117 Å². The fourth-order valence-electron chi connectivity index (χ4n) is 11.8. The number of likely N-dealkylation sites (tertiary alicyclic amines) is 2. The summed E-state index contributed by atoms with van der Waals surface area (Å²) in [5.41, 5.74) is 9.16. The number of rotatable bonds is 12. The number of nitrogens with one attached hydrogen (secondary N) is 2. The summed E-state index contributed by atoms with van der Waals surface area (Å²) < 4.78 is 20.7.